The number of hydrogen-bond acceptors (Lipinski definition) is 6. The second-order valence-electron chi connectivity index (χ2n) is 4.83. The molecule has 0 atom stereocenters. The van der Waals surface area contributed by atoms with Crippen LogP contribution in [0, 0.1) is 17.0 Å². The van der Waals surface area contributed by atoms with Crippen molar-refractivity contribution < 1.29 is 4.92 Å². The van der Waals surface area contributed by atoms with E-state index in [9.17, 15) is 10.1 Å². The Kier molecular flexibility index (Phi) is 4.33. The Morgan fingerprint density at radius 2 is 2.13 bits per heavy atom. The summed E-state index contributed by atoms with van der Waals surface area (Å²) in [5.74, 6) is 0. The quantitative estimate of drug-likeness (QED) is 0.528. The van der Waals surface area contributed by atoms with Gasteiger partial charge in [-0.2, -0.15) is 0 Å². The van der Waals surface area contributed by atoms with Crippen LogP contribution >= 0.6 is 11.8 Å². The molecule has 0 spiro atoms. The molecule has 0 fully saturated rings. The maximum Gasteiger partial charge on any atom is 0.290 e. The van der Waals surface area contributed by atoms with Crippen LogP contribution in [0.2, 0.25) is 0 Å². The summed E-state index contributed by atoms with van der Waals surface area (Å²) in [6.07, 6.45) is 6.61. The van der Waals surface area contributed by atoms with Crippen LogP contribution in [0.5, 0.6) is 0 Å². The lowest BCUT2D eigenvalue weighted by atomic mass is 10.3. The minimum absolute atomic E-state index is 0.0196. The molecule has 0 unspecified atom stereocenters. The van der Waals surface area contributed by atoms with Crippen molar-refractivity contribution in [1.82, 2.24) is 19.5 Å². The molecule has 7 nitrogen and oxygen atoms in total. The molecule has 0 saturated heterocycles. The molecule has 116 valence electrons. The highest BCUT2D eigenvalue weighted by Crippen LogP contribution is 2.28. The van der Waals surface area contributed by atoms with Crippen molar-refractivity contribution >= 4 is 17.4 Å². The SMILES string of the molecule is Cc1cc(Sc2nccn2Cc2ccccn2)ncc1[N+](=O)[O-]. The third kappa shape index (κ3) is 3.54. The number of hydrogen-bond donors (Lipinski definition) is 0. The summed E-state index contributed by atoms with van der Waals surface area (Å²) in [4.78, 5) is 23.2. The first-order valence-electron chi connectivity index (χ1n) is 6.83. The van der Waals surface area contributed by atoms with Crippen molar-refractivity contribution in [3.63, 3.8) is 0 Å². The fraction of sp³-hybridized carbons (Fsp3) is 0.133. The first-order chi connectivity index (χ1) is 11.1. The molecule has 0 aliphatic heterocycles. The van der Waals surface area contributed by atoms with Crippen molar-refractivity contribution in [1.29, 1.82) is 0 Å². The lowest BCUT2D eigenvalue weighted by molar-refractivity contribution is -0.385. The van der Waals surface area contributed by atoms with Gasteiger partial charge in [0, 0.05) is 24.2 Å². The van der Waals surface area contributed by atoms with Gasteiger partial charge in [0.05, 0.1) is 17.2 Å². The van der Waals surface area contributed by atoms with E-state index in [1.807, 2.05) is 29.0 Å². The maximum absolute atomic E-state index is 10.8. The van der Waals surface area contributed by atoms with Gasteiger partial charge in [0.1, 0.15) is 11.2 Å². The lowest BCUT2D eigenvalue weighted by Gasteiger charge is -2.07. The molecule has 23 heavy (non-hydrogen) atoms. The van der Waals surface area contributed by atoms with E-state index in [2.05, 4.69) is 15.0 Å². The summed E-state index contributed by atoms with van der Waals surface area (Å²) in [5, 5.41) is 12.3. The number of aryl methyl sites for hydroxylation is 1. The molecule has 0 aliphatic carbocycles. The molecular formula is C15H13N5O2S. The van der Waals surface area contributed by atoms with Gasteiger partial charge in [-0.3, -0.25) is 15.1 Å². The van der Waals surface area contributed by atoms with E-state index in [1.54, 1.807) is 25.4 Å². The number of nitrogens with zero attached hydrogens (tertiary/aromatic N) is 5. The van der Waals surface area contributed by atoms with Crippen molar-refractivity contribution in [3.05, 3.63) is 70.4 Å². The highest BCUT2D eigenvalue weighted by molar-refractivity contribution is 7.99. The average Bonchev–Trinajstić information content (AvgIpc) is 2.95. The highest BCUT2D eigenvalue weighted by atomic mass is 32.2. The number of aromatic nitrogens is 4. The van der Waals surface area contributed by atoms with Gasteiger partial charge in [-0.1, -0.05) is 6.07 Å². The number of rotatable bonds is 5. The van der Waals surface area contributed by atoms with Gasteiger partial charge >= 0.3 is 0 Å². The molecule has 3 aromatic heterocycles. The van der Waals surface area contributed by atoms with Gasteiger partial charge in [0.25, 0.3) is 5.69 Å². The van der Waals surface area contributed by atoms with E-state index in [0.29, 0.717) is 17.1 Å². The van der Waals surface area contributed by atoms with Crippen LogP contribution in [-0.2, 0) is 6.54 Å². The standard InChI is InChI=1S/C15H13N5O2S/c1-11-8-14(18-9-13(11)20(21)22)23-15-17-6-7-19(15)10-12-4-2-3-5-16-12/h2-9H,10H2,1H3. The normalized spacial score (nSPS) is 10.7. The fourth-order valence-corrected chi connectivity index (χ4v) is 2.93. The van der Waals surface area contributed by atoms with Gasteiger partial charge < -0.3 is 4.57 Å². The predicted molar refractivity (Wildman–Crippen MR) is 85.3 cm³/mol. The molecule has 0 amide bonds. The minimum atomic E-state index is -0.432. The molecular weight excluding hydrogens is 314 g/mol. The van der Waals surface area contributed by atoms with E-state index in [-0.39, 0.29) is 5.69 Å². The molecule has 8 heteroatoms. The van der Waals surface area contributed by atoms with Crippen LogP contribution in [0.1, 0.15) is 11.3 Å². The molecule has 3 rings (SSSR count). The van der Waals surface area contributed by atoms with Gasteiger partial charge in [0.15, 0.2) is 5.16 Å². The van der Waals surface area contributed by atoms with Crippen molar-refractivity contribution in [2.75, 3.05) is 0 Å². The first kappa shape index (κ1) is 15.2. The fourth-order valence-electron chi connectivity index (χ4n) is 2.05. The van der Waals surface area contributed by atoms with Gasteiger partial charge in [-0.25, -0.2) is 9.97 Å². The van der Waals surface area contributed by atoms with E-state index < -0.39 is 4.92 Å². The number of pyridine rings is 2. The van der Waals surface area contributed by atoms with Crippen LogP contribution in [0.4, 0.5) is 5.69 Å². The summed E-state index contributed by atoms with van der Waals surface area (Å²) in [7, 11) is 0. The average molecular weight is 327 g/mol. The van der Waals surface area contributed by atoms with E-state index in [4.69, 9.17) is 0 Å². The Labute approximate surface area is 136 Å². The second-order valence-corrected chi connectivity index (χ2v) is 5.81. The Balaban J connectivity index is 1.80. The van der Waals surface area contributed by atoms with Crippen LogP contribution in [0.25, 0.3) is 0 Å². The summed E-state index contributed by atoms with van der Waals surface area (Å²) in [5.41, 5.74) is 1.53. The third-order valence-electron chi connectivity index (χ3n) is 3.19. The Bertz CT molecular complexity index is 835. The van der Waals surface area contributed by atoms with Crippen LogP contribution < -0.4 is 0 Å². The van der Waals surface area contributed by atoms with Crippen LogP contribution in [0.3, 0.4) is 0 Å². The zero-order valence-corrected chi connectivity index (χ0v) is 13.1. The van der Waals surface area contributed by atoms with Crippen molar-refractivity contribution in [2.24, 2.45) is 0 Å². The largest absolute Gasteiger partial charge is 0.320 e. The number of imidazole rings is 1. The van der Waals surface area contributed by atoms with Gasteiger partial charge in [-0.15, -0.1) is 0 Å². The first-order valence-corrected chi connectivity index (χ1v) is 7.65. The summed E-state index contributed by atoms with van der Waals surface area (Å²) in [6, 6.07) is 7.45. The zero-order valence-electron chi connectivity index (χ0n) is 12.3. The highest BCUT2D eigenvalue weighted by Gasteiger charge is 2.13. The molecule has 0 aromatic carbocycles. The Morgan fingerprint density at radius 3 is 2.83 bits per heavy atom. The van der Waals surface area contributed by atoms with Crippen LogP contribution in [0.15, 0.2) is 59.2 Å². The number of nitro groups is 1. The maximum atomic E-state index is 10.8. The monoisotopic (exact) mass is 327 g/mol. The predicted octanol–water partition coefficient (Wildman–Crippen LogP) is 3.09. The molecule has 3 heterocycles. The minimum Gasteiger partial charge on any atom is -0.320 e. The summed E-state index contributed by atoms with van der Waals surface area (Å²) >= 11 is 1.37. The smallest absolute Gasteiger partial charge is 0.290 e. The third-order valence-corrected chi connectivity index (χ3v) is 4.14. The topological polar surface area (TPSA) is 86.7 Å². The van der Waals surface area contributed by atoms with Crippen molar-refractivity contribution in [3.8, 4) is 0 Å². The van der Waals surface area contributed by atoms with Gasteiger partial charge in [0.2, 0.25) is 0 Å². The van der Waals surface area contributed by atoms with E-state index in [0.717, 1.165) is 10.9 Å². The second kappa shape index (κ2) is 6.57. The zero-order chi connectivity index (χ0) is 16.2. The molecule has 3 aromatic rings. The lowest BCUT2D eigenvalue weighted by Crippen LogP contribution is -2.02. The van der Waals surface area contributed by atoms with E-state index >= 15 is 0 Å². The summed E-state index contributed by atoms with van der Waals surface area (Å²) < 4.78 is 1.96. The van der Waals surface area contributed by atoms with E-state index in [1.165, 1.54) is 18.0 Å². The molecule has 0 aliphatic rings. The molecule has 0 radical (unpaired) electrons. The molecule has 0 saturated carbocycles. The Hall–Kier alpha value is -2.74. The Morgan fingerprint density at radius 1 is 1.26 bits per heavy atom. The van der Waals surface area contributed by atoms with Gasteiger partial charge in [-0.05, 0) is 36.9 Å². The summed E-state index contributed by atoms with van der Waals surface area (Å²) in [6.45, 7) is 2.30. The van der Waals surface area contributed by atoms with Crippen molar-refractivity contribution in [2.45, 2.75) is 23.7 Å². The molecule has 0 N–H and O–H groups in total. The van der Waals surface area contributed by atoms with Crippen LogP contribution in [-0.4, -0.2) is 24.4 Å². The molecule has 0 bridgehead atoms.